The molecule has 3 aromatic rings. The molecule has 0 nitrogen and oxygen atoms in total. The van der Waals surface area contributed by atoms with Crippen LogP contribution in [0.3, 0.4) is 0 Å². The van der Waals surface area contributed by atoms with Gasteiger partial charge in [-0.05, 0) is 46.4 Å². The van der Waals surface area contributed by atoms with E-state index in [9.17, 15) is 13.2 Å². The summed E-state index contributed by atoms with van der Waals surface area (Å²) in [6, 6.07) is 14.3. The van der Waals surface area contributed by atoms with Gasteiger partial charge in [-0.1, -0.05) is 49.4 Å². The summed E-state index contributed by atoms with van der Waals surface area (Å²) in [6.07, 6.45) is -2.96. The highest BCUT2D eigenvalue weighted by molar-refractivity contribution is 5.81. The summed E-state index contributed by atoms with van der Waals surface area (Å²) < 4.78 is 53.3. The lowest BCUT2D eigenvalue weighted by Gasteiger charge is -2.10. The van der Waals surface area contributed by atoms with Crippen LogP contribution in [0.5, 0.6) is 0 Å². The van der Waals surface area contributed by atoms with Gasteiger partial charge in [0.15, 0.2) is 0 Å². The number of fused-ring (bicyclic) bond motifs is 3. The molecule has 0 heterocycles. The monoisotopic (exact) mass is 356 g/mol. The van der Waals surface area contributed by atoms with Gasteiger partial charge in [0.05, 0.1) is 5.56 Å². The normalized spacial score (nSPS) is 12.8. The number of halogens is 4. The highest BCUT2D eigenvalue weighted by Gasteiger charge is 2.30. The van der Waals surface area contributed by atoms with Gasteiger partial charge >= 0.3 is 6.18 Å². The van der Waals surface area contributed by atoms with Crippen molar-refractivity contribution >= 4 is 0 Å². The van der Waals surface area contributed by atoms with E-state index in [4.69, 9.17) is 0 Å². The van der Waals surface area contributed by atoms with Gasteiger partial charge in [-0.15, -0.1) is 0 Å². The van der Waals surface area contributed by atoms with Crippen LogP contribution in [0.25, 0.3) is 22.3 Å². The van der Waals surface area contributed by atoms with E-state index in [0.717, 1.165) is 35.2 Å². The molecule has 0 atom stereocenters. The smallest absolute Gasteiger partial charge is 0.206 e. The summed E-state index contributed by atoms with van der Waals surface area (Å²) in [5.41, 5.74) is 4.88. The molecular weight excluding hydrogens is 340 g/mol. The topological polar surface area (TPSA) is 0 Å². The summed E-state index contributed by atoms with van der Waals surface area (Å²) in [6.45, 7) is 2.08. The van der Waals surface area contributed by atoms with Crippen LogP contribution in [0.15, 0.2) is 54.6 Å². The van der Waals surface area contributed by atoms with E-state index < -0.39 is 11.7 Å². The van der Waals surface area contributed by atoms with Crippen molar-refractivity contribution in [1.82, 2.24) is 0 Å². The molecule has 0 saturated carbocycles. The molecule has 3 aromatic carbocycles. The number of benzene rings is 3. The Bertz CT molecular complexity index is 982. The molecule has 0 amide bonds. The van der Waals surface area contributed by atoms with Crippen LogP contribution < -0.4 is 0 Å². The lowest BCUT2D eigenvalue weighted by atomic mass is 9.97. The predicted octanol–water partition coefficient (Wildman–Crippen LogP) is 6.65. The van der Waals surface area contributed by atoms with E-state index in [0.29, 0.717) is 23.1 Å². The molecular formula is C22H16F4. The largest absolute Gasteiger partial charge is 0.416 e. The second kappa shape index (κ2) is 5.97. The van der Waals surface area contributed by atoms with E-state index >= 15 is 4.39 Å². The van der Waals surface area contributed by atoms with Crippen LogP contribution in [-0.2, 0) is 19.0 Å². The minimum Gasteiger partial charge on any atom is -0.206 e. The van der Waals surface area contributed by atoms with E-state index in [-0.39, 0.29) is 5.82 Å². The summed E-state index contributed by atoms with van der Waals surface area (Å²) in [5, 5.41) is 0. The van der Waals surface area contributed by atoms with Gasteiger partial charge in [0.2, 0.25) is 0 Å². The average molecular weight is 356 g/mol. The van der Waals surface area contributed by atoms with Gasteiger partial charge in [-0.3, -0.25) is 0 Å². The molecule has 0 radical (unpaired) electrons. The number of alkyl halides is 3. The number of rotatable bonds is 2. The molecule has 0 unspecified atom stereocenters. The zero-order chi connectivity index (χ0) is 18.5. The average Bonchev–Trinajstić information content (AvgIpc) is 3.00. The highest BCUT2D eigenvalue weighted by Crippen LogP contribution is 2.41. The van der Waals surface area contributed by atoms with Gasteiger partial charge in [-0.25, -0.2) is 4.39 Å². The first-order chi connectivity index (χ1) is 12.4. The Kier molecular flexibility index (Phi) is 3.87. The molecule has 1 aliphatic carbocycles. The standard InChI is InChI=1S/C22H16F4/c1-2-13-3-8-17-15(11-13)12-20-19(17)10-9-18(21(20)23)14-4-6-16(7-5-14)22(24,25)26/h3-11H,2,12H2,1H3. The fourth-order valence-electron chi connectivity index (χ4n) is 3.57. The van der Waals surface area contributed by atoms with Crippen LogP contribution in [0.4, 0.5) is 17.6 Å². The van der Waals surface area contributed by atoms with Crippen molar-refractivity contribution in [2.75, 3.05) is 0 Å². The second-order valence-corrected chi connectivity index (χ2v) is 6.55. The summed E-state index contributed by atoms with van der Waals surface area (Å²) >= 11 is 0. The third-order valence-electron chi connectivity index (χ3n) is 5.00. The first kappa shape index (κ1) is 16.8. The van der Waals surface area contributed by atoms with Crippen LogP contribution >= 0.6 is 0 Å². The van der Waals surface area contributed by atoms with Gasteiger partial charge in [0.1, 0.15) is 5.82 Å². The van der Waals surface area contributed by atoms with Crippen molar-refractivity contribution < 1.29 is 17.6 Å². The van der Waals surface area contributed by atoms with Crippen LogP contribution in [0.2, 0.25) is 0 Å². The summed E-state index contributed by atoms with van der Waals surface area (Å²) in [4.78, 5) is 0. The van der Waals surface area contributed by atoms with Crippen molar-refractivity contribution in [3.05, 3.63) is 82.7 Å². The van der Waals surface area contributed by atoms with Crippen molar-refractivity contribution in [2.45, 2.75) is 25.9 Å². The molecule has 0 aliphatic heterocycles. The molecule has 4 rings (SSSR count). The Morgan fingerprint density at radius 1 is 0.846 bits per heavy atom. The fraction of sp³-hybridized carbons (Fsp3) is 0.182. The highest BCUT2D eigenvalue weighted by atomic mass is 19.4. The maximum atomic E-state index is 15.1. The van der Waals surface area contributed by atoms with Gasteiger partial charge in [0.25, 0.3) is 0 Å². The number of hydrogen-bond donors (Lipinski definition) is 0. The number of aryl methyl sites for hydroxylation is 1. The zero-order valence-corrected chi connectivity index (χ0v) is 14.1. The minimum absolute atomic E-state index is 0.334. The molecule has 1 aliphatic rings. The van der Waals surface area contributed by atoms with Gasteiger partial charge < -0.3 is 0 Å². The summed E-state index contributed by atoms with van der Waals surface area (Å²) in [5.74, 6) is -0.350. The van der Waals surface area contributed by atoms with E-state index in [2.05, 4.69) is 19.1 Å². The van der Waals surface area contributed by atoms with Crippen molar-refractivity contribution in [1.29, 1.82) is 0 Å². The Morgan fingerprint density at radius 3 is 2.15 bits per heavy atom. The fourth-order valence-corrected chi connectivity index (χ4v) is 3.57. The molecule has 0 N–H and O–H groups in total. The lowest BCUT2D eigenvalue weighted by molar-refractivity contribution is -0.137. The van der Waals surface area contributed by atoms with Crippen molar-refractivity contribution in [3.63, 3.8) is 0 Å². The Balaban J connectivity index is 1.75. The van der Waals surface area contributed by atoms with Crippen molar-refractivity contribution in [2.24, 2.45) is 0 Å². The summed E-state index contributed by atoms with van der Waals surface area (Å²) in [7, 11) is 0. The van der Waals surface area contributed by atoms with Crippen LogP contribution in [0, 0.1) is 5.82 Å². The van der Waals surface area contributed by atoms with Crippen molar-refractivity contribution in [3.8, 4) is 22.3 Å². The molecule has 4 heteroatoms. The first-order valence-corrected chi connectivity index (χ1v) is 8.49. The molecule has 26 heavy (non-hydrogen) atoms. The maximum absolute atomic E-state index is 15.1. The Labute approximate surface area is 149 Å². The van der Waals surface area contributed by atoms with Gasteiger partial charge in [0, 0.05) is 17.5 Å². The van der Waals surface area contributed by atoms with E-state index in [1.54, 1.807) is 6.07 Å². The number of hydrogen-bond acceptors (Lipinski definition) is 0. The lowest BCUT2D eigenvalue weighted by Crippen LogP contribution is -2.04. The van der Waals surface area contributed by atoms with E-state index in [1.165, 1.54) is 17.7 Å². The second-order valence-electron chi connectivity index (χ2n) is 6.55. The quantitative estimate of drug-likeness (QED) is 0.353. The molecule has 0 bridgehead atoms. The molecule has 0 aromatic heterocycles. The first-order valence-electron chi connectivity index (χ1n) is 8.49. The third kappa shape index (κ3) is 2.70. The van der Waals surface area contributed by atoms with Gasteiger partial charge in [-0.2, -0.15) is 13.2 Å². The Morgan fingerprint density at radius 2 is 1.50 bits per heavy atom. The molecule has 132 valence electrons. The molecule has 0 saturated heterocycles. The Hall–Kier alpha value is -2.62. The SMILES string of the molecule is CCc1ccc2c(c1)Cc1c-2ccc(-c2ccc(C(F)(F)F)cc2)c1F. The zero-order valence-electron chi connectivity index (χ0n) is 14.1. The molecule has 0 spiro atoms. The minimum atomic E-state index is -4.40. The maximum Gasteiger partial charge on any atom is 0.416 e. The van der Waals surface area contributed by atoms with Crippen LogP contribution in [-0.4, -0.2) is 0 Å². The van der Waals surface area contributed by atoms with E-state index in [1.807, 2.05) is 12.1 Å². The molecule has 0 fully saturated rings. The predicted molar refractivity (Wildman–Crippen MR) is 94.5 cm³/mol. The third-order valence-corrected chi connectivity index (χ3v) is 5.00. The van der Waals surface area contributed by atoms with Crippen LogP contribution in [0.1, 0.15) is 29.2 Å².